The van der Waals surface area contributed by atoms with Crippen LogP contribution in [0.3, 0.4) is 0 Å². The molecule has 0 aliphatic carbocycles. The first-order valence-electron chi connectivity index (χ1n) is 5.67. The molecule has 0 aromatic heterocycles. The summed E-state index contributed by atoms with van der Waals surface area (Å²) in [5.41, 5.74) is 5.98. The van der Waals surface area contributed by atoms with E-state index in [9.17, 15) is 13.6 Å². The van der Waals surface area contributed by atoms with Gasteiger partial charge in [-0.15, -0.1) is 0 Å². The number of carboxylic acids is 1. The molecule has 0 radical (unpaired) electrons. The number of benzene rings is 2. The highest BCUT2D eigenvalue weighted by Crippen LogP contribution is 2.21. The Labute approximate surface area is 113 Å². The second-order valence-corrected chi connectivity index (χ2v) is 4.09. The van der Waals surface area contributed by atoms with Crippen LogP contribution in [-0.4, -0.2) is 11.1 Å². The summed E-state index contributed by atoms with van der Waals surface area (Å²) in [6.45, 7) is -0.0137. The second kappa shape index (κ2) is 5.56. The Kier molecular flexibility index (Phi) is 3.84. The predicted molar refractivity (Wildman–Crippen MR) is 68.5 cm³/mol. The first-order chi connectivity index (χ1) is 9.47. The molecule has 2 aromatic rings. The zero-order valence-electron chi connectivity index (χ0n) is 10.3. The van der Waals surface area contributed by atoms with Gasteiger partial charge in [0.2, 0.25) is 0 Å². The Morgan fingerprint density at radius 2 is 1.90 bits per heavy atom. The van der Waals surface area contributed by atoms with Crippen molar-refractivity contribution in [3.8, 4) is 5.75 Å². The summed E-state index contributed by atoms with van der Waals surface area (Å²) < 4.78 is 31.1. The van der Waals surface area contributed by atoms with Gasteiger partial charge in [0.05, 0.1) is 5.56 Å². The summed E-state index contributed by atoms with van der Waals surface area (Å²) in [4.78, 5) is 10.9. The van der Waals surface area contributed by atoms with Gasteiger partial charge in [0.15, 0.2) is 11.6 Å². The van der Waals surface area contributed by atoms with Crippen LogP contribution in [0.5, 0.6) is 5.75 Å². The fourth-order valence-electron chi connectivity index (χ4n) is 1.61. The van der Waals surface area contributed by atoms with Crippen molar-refractivity contribution >= 4 is 11.7 Å². The molecule has 104 valence electrons. The number of hydrogen-bond donors (Lipinski definition) is 2. The average molecular weight is 279 g/mol. The van der Waals surface area contributed by atoms with Gasteiger partial charge in [0.25, 0.3) is 0 Å². The lowest BCUT2D eigenvalue weighted by Gasteiger charge is -2.08. The molecular weight excluding hydrogens is 268 g/mol. The van der Waals surface area contributed by atoms with Crippen molar-refractivity contribution in [1.82, 2.24) is 0 Å². The highest BCUT2D eigenvalue weighted by atomic mass is 19.2. The summed E-state index contributed by atoms with van der Waals surface area (Å²) in [5, 5.41) is 8.92. The Hall–Kier alpha value is -2.63. The van der Waals surface area contributed by atoms with E-state index in [2.05, 4.69) is 0 Å². The summed E-state index contributed by atoms with van der Waals surface area (Å²) in [5.74, 6) is -2.79. The van der Waals surface area contributed by atoms with E-state index in [4.69, 9.17) is 15.6 Å². The van der Waals surface area contributed by atoms with Gasteiger partial charge in [-0.1, -0.05) is 6.07 Å². The molecule has 6 heteroatoms. The minimum absolute atomic E-state index is 0.0137. The van der Waals surface area contributed by atoms with Crippen molar-refractivity contribution in [3.63, 3.8) is 0 Å². The first-order valence-corrected chi connectivity index (χ1v) is 5.67. The van der Waals surface area contributed by atoms with Gasteiger partial charge >= 0.3 is 5.97 Å². The molecular formula is C14H11F2NO3. The third kappa shape index (κ3) is 3.03. The van der Waals surface area contributed by atoms with Crippen molar-refractivity contribution in [3.05, 3.63) is 59.2 Å². The molecule has 0 aliphatic heterocycles. The summed E-state index contributed by atoms with van der Waals surface area (Å²) in [6.07, 6.45) is 0. The van der Waals surface area contributed by atoms with Crippen LogP contribution in [0, 0.1) is 11.6 Å². The average Bonchev–Trinajstić information content (AvgIpc) is 2.41. The Morgan fingerprint density at radius 1 is 1.15 bits per heavy atom. The third-order valence-corrected chi connectivity index (χ3v) is 2.64. The molecule has 0 saturated heterocycles. The number of carboxylic acid groups (broad SMARTS) is 1. The molecule has 2 aromatic carbocycles. The standard InChI is InChI=1S/C14H11F2NO3/c15-11-3-1-8(5-12(11)16)7-20-9-2-4-13(17)10(6-9)14(18)19/h1-6H,7,17H2,(H,18,19). The summed E-state index contributed by atoms with van der Waals surface area (Å²) in [7, 11) is 0. The zero-order chi connectivity index (χ0) is 14.7. The zero-order valence-corrected chi connectivity index (χ0v) is 10.3. The lowest BCUT2D eigenvalue weighted by atomic mass is 10.1. The molecule has 0 unspecified atom stereocenters. The number of nitrogens with two attached hydrogens (primary N) is 1. The van der Waals surface area contributed by atoms with E-state index in [1.54, 1.807) is 0 Å². The van der Waals surface area contributed by atoms with E-state index >= 15 is 0 Å². The second-order valence-electron chi connectivity index (χ2n) is 4.09. The minimum Gasteiger partial charge on any atom is -0.489 e. The van der Waals surface area contributed by atoms with Crippen LogP contribution in [0.25, 0.3) is 0 Å². The molecule has 0 heterocycles. The SMILES string of the molecule is Nc1ccc(OCc2ccc(F)c(F)c2)cc1C(=O)O. The number of anilines is 1. The van der Waals surface area contributed by atoms with E-state index in [1.807, 2.05) is 0 Å². The number of aromatic carboxylic acids is 1. The largest absolute Gasteiger partial charge is 0.489 e. The Balaban J connectivity index is 2.12. The van der Waals surface area contributed by atoms with E-state index in [0.717, 1.165) is 12.1 Å². The van der Waals surface area contributed by atoms with Crippen LogP contribution in [0.1, 0.15) is 15.9 Å². The lowest BCUT2D eigenvalue weighted by Crippen LogP contribution is -2.03. The van der Waals surface area contributed by atoms with Crippen LogP contribution < -0.4 is 10.5 Å². The molecule has 4 nitrogen and oxygen atoms in total. The van der Waals surface area contributed by atoms with E-state index < -0.39 is 17.6 Å². The third-order valence-electron chi connectivity index (χ3n) is 2.64. The first kappa shape index (κ1) is 13.8. The highest BCUT2D eigenvalue weighted by Gasteiger charge is 2.09. The molecule has 0 aliphatic rings. The quantitative estimate of drug-likeness (QED) is 0.844. The fraction of sp³-hybridized carbons (Fsp3) is 0.0714. The maximum absolute atomic E-state index is 13.0. The maximum Gasteiger partial charge on any atom is 0.337 e. The van der Waals surface area contributed by atoms with Crippen molar-refractivity contribution in [1.29, 1.82) is 0 Å². The van der Waals surface area contributed by atoms with Crippen molar-refractivity contribution in [2.45, 2.75) is 6.61 Å². The number of halogens is 2. The molecule has 20 heavy (non-hydrogen) atoms. The van der Waals surface area contributed by atoms with Gasteiger partial charge in [-0.3, -0.25) is 0 Å². The topological polar surface area (TPSA) is 72.5 Å². The monoisotopic (exact) mass is 279 g/mol. The van der Waals surface area contributed by atoms with Crippen LogP contribution >= 0.6 is 0 Å². The van der Waals surface area contributed by atoms with Gasteiger partial charge in [-0.25, -0.2) is 13.6 Å². The van der Waals surface area contributed by atoms with E-state index in [-0.39, 0.29) is 23.6 Å². The molecule has 0 saturated carbocycles. The molecule has 0 spiro atoms. The van der Waals surface area contributed by atoms with Crippen LogP contribution in [0.2, 0.25) is 0 Å². The van der Waals surface area contributed by atoms with Gasteiger partial charge in [-0.2, -0.15) is 0 Å². The lowest BCUT2D eigenvalue weighted by molar-refractivity contribution is 0.0697. The molecule has 2 rings (SSSR count). The fourth-order valence-corrected chi connectivity index (χ4v) is 1.61. The summed E-state index contributed by atoms with van der Waals surface area (Å²) >= 11 is 0. The number of carbonyl (C=O) groups is 1. The van der Waals surface area contributed by atoms with Gasteiger partial charge in [0, 0.05) is 5.69 Å². The maximum atomic E-state index is 13.0. The molecule has 0 atom stereocenters. The van der Waals surface area contributed by atoms with Crippen molar-refractivity contribution in [2.75, 3.05) is 5.73 Å². The highest BCUT2D eigenvalue weighted by molar-refractivity contribution is 5.94. The van der Waals surface area contributed by atoms with Crippen molar-refractivity contribution in [2.24, 2.45) is 0 Å². The Bertz CT molecular complexity index is 659. The summed E-state index contributed by atoms with van der Waals surface area (Å²) in [6, 6.07) is 7.58. The Morgan fingerprint density at radius 3 is 2.55 bits per heavy atom. The normalized spacial score (nSPS) is 10.3. The minimum atomic E-state index is -1.17. The van der Waals surface area contributed by atoms with Gasteiger partial charge < -0.3 is 15.6 Å². The molecule has 0 fully saturated rings. The molecule has 0 bridgehead atoms. The van der Waals surface area contributed by atoms with Crippen LogP contribution in [0.15, 0.2) is 36.4 Å². The number of ether oxygens (including phenoxy) is 1. The van der Waals surface area contributed by atoms with E-state index in [1.165, 1.54) is 24.3 Å². The molecule has 0 amide bonds. The number of rotatable bonds is 4. The molecule has 3 N–H and O–H groups in total. The van der Waals surface area contributed by atoms with Crippen molar-refractivity contribution < 1.29 is 23.4 Å². The smallest absolute Gasteiger partial charge is 0.337 e. The number of nitrogen functional groups attached to an aromatic ring is 1. The van der Waals surface area contributed by atoms with E-state index in [0.29, 0.717) is 5.56 Å². The number of hydrogen-bond acceptors (Lipinski definition) is 3. The van der Waals surface area contributed by atoms with Crippen LogP contribution in [0.4, 0.5) is 14.5 Å². The predicted octanol–water partition coefficient (Wildman–Crippen LogP) is 2.82. The van der Waals surface area contributed by atoms with Gasteiger partial charge in [-0.05, 0) is 35.9 Å². The van der Waals surface area contributed by atoms with Crippen LogP contribution in [-0.2, 0) is 6.61 Å². The van der Waals surface area contributed by atoms with Gasteiger partial charge in [0.1, 0.15) is 12.4 Å².